The molecule has 5 rings (SSSR count). The number of benzene rings is 3. The largest absolute Gasteiger partial charge is 0.447 e. The Labute approximate surface area is 252 Å². The van der Waals surface area contributed by atoms with E-state index in [0.717, 1.165) is 23.3 Å². The molecular formula is C33H30F3N3O5. The molecule has 1 N–H and O–H groups in total. The lowest BCUT2D eigenvalue weighted by atomic mass is 9.87. The van der Waals surface area contributed by atoms with Crippen molar-refractivity contribution >= 4 is 29.8 Å². The van der Waals surface area contributed by atoms with E-state index in [2.05, 4.69) is 5.32 Å². The lowest BCUT2D eigenvalue weighted by Gasteiger charge is -2.52. The second kappa shape index (κ2) is 12.7. The number of carbonyl (C=O) groups excluding carboxylic acids is 4. The smallest absolute Gasteiger partial charge is 0.416 e. The van der Waals surface area contributed by atoms with Gasteiger partial charge in [0.15, 0.2) is 0 Å². The molecule has 11 heteroatoms. The number of β-lactam (4-membered cyclic amide) rings is 1. The Bertz CT molecular complexity index is 1560. The van der Waals surface area contributed by atoms with Crippen molar-refractivity contribution in [2.24, 2.45) is 0 Å². The first-order valence-corrected chi connectivity index (χ1v) is 14.0. The first kappa shape index (κ1) is 30.5. The van der Waals surface area contributed by atoms with Gasteiger partial charge in [0, 0.05) is 13.0 Å². The van der Waals surface area contributed by atoms with Gasteiger partial charge in [-0.15, -0.1) is 0 Å². The van der Waals surface area contributed by atoms with E-state index >= 15 is 0 Å². The Morgan fingerprint density at radius 1 is 1.00 bits per heavy atom. The molecule has 3 aromatic carbocycles. The topological polar surface area (TPSA) is 96.0 Å². The van der Waals surface area contributed by atoms with E-state index in [9.17, 15) is 32.3 Å². The van der Waals surface area contributed by atoms with Gasteiger partial charge in [0.2, 0.25) is 11.8 Å². The highest BCUT2D eigenvalue weighted by Gasteiger charge is 2.58. The van der Waals surface area contributed by atoms with Gasteiger partial charge in [0.1, 0.15) is 24.5 Å². The summed E-state index contributed by atoms with van der Waals surface area (Å²) in [4.78, 5) is 55.3. The number of amides is 3. The molecule has 0 unspecified atom stereocenters. The van der Waals surface area contributed by atoms with Crippen molar-refractivity contribution in [2.45, 2.75) is 50.2 Å². The normalized spacial score (nSPS) is 20.8. The second-order valence-corrected chi connectivity index (χ2v) is 10.7. The van der Waals surface area contributed by atoms with E-state index in [1.54, 1.807) is 12.2 Å². The minimum absolute atomic E-state index is 0.0378. The van der Waals surface area contributed by atoms with E-state index in [1.807, 2.05) is 60.7 Å². The van der Waals surface area contributed by atoms with Gasteiger partial charge >= 0.3 is 12.3 Å². The van der Waals surface area contributed by atoms with Gasteiger partial charge in [-0.3, -0.25) is 19.3 Å². The van der Waals surface area contributed by atoms with Crippen molar-refractivity contribution < 1.29 is 37.1 Å². The van der Waals surface area contributed by atoms with Crippen molar-refractivity contribution in [2.75, 3.05) is 6.61 Å². The van der Waals surface area contributed by atoms with Gasteiger partial charge < -0.3 is 15.0 Å². The summed E-state index contributed by atoms with van der Waals surface area (Å²) in [6, 6.07) is 19.3. The van der Waals surface area contributed by atoms with Crippen molar-refractivity contribution in [1.29, 1.82) is 0 Å². The maximum Gasteiger partial charge on any atom is 0.416 e. The van der Waals surface area contributed by atoms with Gasteiger partial charge in [-0.05, 0) is 35.7 Å². The minimum Gasteiger partial charge on any atom is -0.447 e. The molecule has 0 bridgehead atoms. The van der Waals surface area contributed by atoms with Gasteiger partial charge in [0.05, 0.1) is 17.6 Å². The molecule has 44 heavy (non-hydrogen) atoms. The fraction of sp³-hybridized carbons (Fsp3) is 0.273. The van der Waals surface area contributed by atoms with Crippen LogP contribution in [0.5, 0.6) is 0 Å². The average molecular weight is 606 g/mol. The van der Waals surface area contributed by atoms with E-state index < -0.39 is 53.8 Å². The van der Waals surface area contributed by atoms with Crippen LogP contribution >= 0.6 is 0 Å². The summed E-state index contributed by atoms with van der Waals surface area (Å²) in [6.07, 6.45) is -2.08. The number of hydrogen-bond acceptors (Lipinski definition) is 5. The van der Waals surface area contributed by atoms with Crippen LogP contribution in [0.1, 0.15) is 41.6 Å². The van der Waals surface area contributed by atoms with Gasteiger partial charge in [-0.2, -0.15) is 13.2 Å². The third-order valence-corrected chi connectivity index (χ3v) is 7.67. The molecule has 2 heterocycles. The summed E-state index contributed by atoms with van der Waals surface area (Å²) in [5.41, 5.74) is 0.927. The predicted molar refractivity (Wildman–Crippen MR) is 155 cm³/mol. The van der Waals surface area contributed by atoms with Crippen LogP contribution in [0.15, 0.2) is 91.0 Å². The van der Waals surface area contributed by atoms with E-state index in [-0.39, 0.29) is 30.9 Å². The minimum atomic E-state index is -4.55. The molecule has 3 amide bonds. The number of halogens is 3. The van der Waals surface area contributed by atoms with Crippen molar-refractivity contribution in [3.63, 3.8) is 0 Å². The number of carbonyl (C=O) groups is 4. The molecule has 4 atom stereocenters. The third kappa shape index (κ3) is 6.51. The van der Waals surface area contributed by atoms with Crippen LogP contribution < -0.4 is 5.32 Å². The number of rotatable bonds is 10. The first-order chi connectivity index (χ1) is 21.0. The van der Waals surface area contributed by atoms with E-state index in [1.165, 1.54) is 28.9 Å². The van der Waals surface area contributed by atoms with Crippen LogP contribution in [-0.4, -0.2) is 58.2 Å². The molecule has 2 fully saturated rings. The van der Waals surface area contributed by atoms with Crippen LogP contribution in [0.4, 0.5) is 18.0 Å². The Balaban J connectivity index is 1.44. The predicted octanol–water partition coefficient (Wildman–Crippen LogP) is 5.16. The maximum atomic E-state index is 13.9. The monoisotopic (exact) mass is 605 g/mol. The molecule has 2 aliphatic heterocycles. The summed E-state index contributed by atoms with van der Waals surface area (Å²) in [6.45, 7) is 1.07. The Morgan fingerprint density at radius 3 is 2.34 bits per heavy atom. The lowest BCUT2D eigenvalue weighted by Crippen LogP contribution is -2.74. The molecule has 0 aliphatic carbocycles. The number of likely N-dealkylation sites (tertiary alicyclic amines) is 1. The van der Waals surface area contributed by atoms with E-state index in [4.69, 9.17) is 4.74 Å². The molecule has 0 radical (unpaired) electrons. The standard InChI is InChI=1S/C33H30F3N3O5/c1-21(40)17-27(30(41)37-19-23-11-8-14-25(18-23)33(34,35)36)38-26(16-15-22-9-4-2-5-10-22)29(31(38)42)39-28(20-44-32(39)43)24-12-6-3-7-13-24/h2-16,18,26-29H,17,19-20H2,1H3,(H,37,41)/b16-15+/t26-,27+,28-,29+/m1/s1. The molecule has 8 nitrogen and oxygen atoms in total. The van der Waals surface area contributed by atoms with Crippen molar-refractivity contribution in [3.05, 3.63) is 113 Å². The summed E-state index contributed by atoms with van der Waals surface area (Å²) in [7, 11) is 0. The number of hydrogen-bond donors (Lipinski definition) is 1. The number of cyclic esters (lactones) is 1. The highest BCUT2D eigenvalue weighted by atomic mass is 19.4. The van der Waals surface area contributed by atoms with Crippen molar-refractivity contribution in [1.82, 2.24) is 15.1 Å². The summed E-state index contributed by atoms with van der Waals surface area (Å²) >= 11 is 0. The molecule has 228 valence electrons. The SMILES string of the molecule is CC(=O)C[C@@H](C(=O)NCc1cccc(C(F)(F)F)c1)N1C(=O)[C@@H](N2C(=O)OC[C@@H]2c2ccccc2)[C@H]1/C=C/c1ccccc1. The summed E-state index contributed by atoms with van der Waals surface area (Å²) in [5.74, 6) is -1.62. The molecule has 2 aliphatic rings. The quantitative estimate of drug-likeness (QED) is 0.323. The zero-order chi connectivity index (χ0) is 31.4. The average Bonchev–Trinajstić information content (AvgIpc) is 3.38. The molecule has 0 spiro atoms. The van der Waals surface area contributed by atoms with Crippen LogP contribution in [0.25, 0.3) is 6.08 Å². The zero-order valence-corrected chi connectivity index (χ0v) is 23.7. The maximum absolute atomic E-state index is 13.9. The summed E-state index contributed by atoms with van der Waals surface area (Å²) < 4.78 is 44.9. The van der Waals surface area contributed by atoms with Gasteiger partial charge in [0.25, 0.3) is 0 Å². The highest BCUT2D eigenvalue weighted by molar-refractivity contribution is 5.99. The molecule has 3 aromatic rings. The van der Waals surface area contributed by atoms with Gasteiger partial charge in [-0.25, -0.2) is 4.79 Å². The zero-order valence-electron chi connectivity index (χ0n) is 23.7. The highest BCUT2D eigenvalue weighted by Crippen LogP contribution is 2.39. The van der Waals surface area contributed by atoms with Crippen molar-refractivity contribution in [3.8, 4) is 0 Å². The number of nitrogens with one attached hydrogen (secondary N) is 1. The fourth-order valence-electron chi connectivity index (χ4n) is 5.56. The Hall–Kier alpha value is -4.93. The first-order valence-electron chi connectivity index (χ1n) is 14.0. The van der Waals surface area contributed by atoms with Crippen LogP contribution in [0, 0.1) is 0 Å². The molecule has 0 saturated carbocycles. The number of Topliss-reactive ketones (excluding diaryl/α,β-unsaturated/α-hetero) is 1. The molecule has 0 aromatic heterocycles. The number of ketones is 1. The van der Waals surface area contributed by atoms with E-state index in [0.29, 0.717) is 0 Å². The molecular weight excluding hydrogens is 575 g/mol. The van der Waals surface area contributed by atoms with Crippen LogP contribution in [-0.2, 0) is 31.8 Å². The molecule has 2 saturated heterocycles. The fourth-order valence-corrected chi connectivity index (χ4v) is 5.56. The van der Waals surface area contributed by atoms with Crippen LogP contribution in [0.2, 0.25) is 0 Å². The third-order valence-electron chi connectivity index (χ3n) is 7.67. The number of ether oxygens (including phenoxy) is 1. The van der Waals surface area contributed by atoms with Gasteiger partial charge in [-0.1, -0.05) is 84.9 Å². The number of nitrogens with zero attached hydrogens (tertiary/aromatic N) is 2. The van der Waals surface area contributed by atoms with Crippen LogP contribution in [0.3, 0.4) is 0 Å². The Kier molecular flexibility index (Phi) is 8.84. The summed E-state index contributed by atoms with van der Waals surface area (Å²) in [5, 5.41) is 2.59. The second-order valence-electron chi connectivity index (χ2n) is 10.7. The number of alkyl halides is 3. The lowest BCUT2D eigenvalue weighted by molar-refractivity contribution is -0.163. The Morgan fingerprint density at radius 2 is 1.68 bits per heavy atom.